The average molecular weight is 400 g/mol. The molecule has 0 bridgehead atoms. The molecule has 10 heteroatoms. The first-order valence-electron chi connectivity index (χ1n) is 8.28. The fourth-order valence-electron chi connectivity index (χ4n) is 3.03. The van der Waals surface area contributed by atoms with Crippen molar-refractivity contribution in [2.75, 3.05) is 19.0 Å². The molecule has 0 saturated carbocycles. The van der Waals surface area contributed by atoms with Gasteiger partial charge >= 0.3 is 6.18 Å². The van der Waals surface area contributed by atoms with E-state index in [1.54, 1.807) is 11.1 Å². The molecule has 1 aromatic carbocycles. The quantitative estimate of drug-likeness (QED) is 0.853. The van der Waals surface area contributed by atoms with Crippen LogP contribution in [0.2, 0.25) is 0 Å². The molecule has 0 spiro atoms. The smallest absolute Gasteiger partial charge is 0.347 e. The zero-order chi connectivity index (χ0) is 19.8. The highest BCUT2D eigenvalue weighted by Gasteiger charge is 2.37. The van der Waals surface area contributed by atoms with Crippen molar-refractivity contribution in [1.82, 2.24) is 14.7 Å². The van der Waals surface area contributed by atoms with E-state index in [4.69, 9.17) is 0 Å². The lowest BCUT2D eigenvalue weighted by molar-refractivity contribution is -0.139. The summed E-state index contributed by atoms with van der Waals surface area (Å²) in [5.41, 5.74) is 0.455. The number of alkyl halides is 3. The largest absolute Gasteiger partial charge is 0.417 e. The molecule has 0 aliphatic heterocycles. The molecule has 1 N–H and O–H groups in total. The van der Waals surface area contributed by atoms with Crippen LogP contribution in [0.5, 0.6) is 0 Å². The summed E-state index contributed by atoms with van der Waals surface area (Å²) in [5.74, 6) is 0.562. The summed E-state index contributed by atoms with van der Waals surface area (Å²) < 4.78 is 67.0. The van der Waals surface area contributed by atoms with Crippen LogP contribution < -0.4 is 9.62 Å². The molecular formula is C17H19F3N4O2S. The summed E-state index contributed by atoms with van der Waals surface area (Å²) in [7, 11) is -0.679. The van der Waals surface area contributed by atoms with E-state index in [1.165, 1.54) is 12.1 Å². The van der Waals surface area contributed by atoms with Gasteiger partial charge in [0, 0.05) is 32.0 Å². The maximum Gasteiger partial charge on any atom is 0.417 e. The highest BCUT2D eigenvalue weighted by Crippen LogP contribution is 2.34. The zero-order valence-corrected chi connectivity index (χ0v) is 15.6. The van der Waals surface area contributed by atoms with Crippen molar-refractivity contribution in [2.45, 2.75) is 36.4 Å². The average Bonchev–Trinajstić information content (AvgIpc) is 2.60. The first kappa shape index (κ1) is 19.6. The van der Waals surface area contributed by atoms with E-state index in [0.717, 1.165) is 23.4 Å². The first-order valence-corrected chi connectivity index (χ1v) is 9.77. The van der Waals surface area contributed by atoms with Gasteiger partial charge in [-0.2, -0.15) is 13.2 Å². The van der Waals surface area contributed by atoms with E-state index in [1.807, 2.05) is 14.1 Å². The lowest BCUT2D eigenvalue weighted by atomic mass is 9.94. The van der Waals surface area contributed by atoms with Crippen molar-refractivity contribution < 1.29 is 21.6 Å². The van der Waals surface area contributed by atoms with E-state index in [0.29, 0.717) is 25.2 Å². The zero-order valence-electron chi connectivity index (χ0n) is 14.8. The number of rotatable bonds is 4. The van der Waals surface area contributed by atoms with Gasteiger partial charge < -0.3 is 4.90 Å². The van der Waals surface area contributed by atoms with Gasteiger partial charge in [-0.15, -0.1) is 0 Å². The minimum atomic E-state index is -4.75. The van der Waals surface area contributed by atoms with Crippen molar-refractivity contribution in [3.8, 4) is 0 Å². The molecule has 0 radical (unpaired) electrons. The fraction of sp³-hybridized carbons (Fsp3) is 0.412. The van der Waals surface area contributed by atoms with Crippen molar-refractivity contribution >= 4 is 16.0 Å². The molecular weight excluding hydrogens is 381 g/mol. The lowest BCUT2D eigenvalue weighted by Crippen LogP contribution is -2.39. The number of nitrogens with one attached hydrogen (secondary N) is 1. The van der Waals surface area contributed by atoms with E-state index in [9.17, 15) is 21.6 Å². The topological polar surface area (TPSA) is 75.2 Å². The Morgan fingerprint density at radius 2 is 1.93 bits per heavy atom. The Balaban J connectivity index is 1.82. The van der Waals surface area contributed by atoms with E-state index in [-0.39, 0.29) is 0 Å². The van der Waals surface area contributed by atoms with Crippen LogP contribution in [0.25, 0.3) is 0 Å². The highest BCUT2D eigenvalue weighted by atomic mass is 32.2. The van der Waals surface area contributed by atoms with Crippen molar-refractivity contribution in [1.29, 1.82) is 0 Å². The van der Waals surface area contributed by atoms with Crippen LogP contribution in [0, 0.1) is 0 Å². The van der Waals surface area contributed by atoms with E-state index >= 15 is 0 Å². The lowest BCUT2D eigenvalue weighted by Gasteiger charge is -2.26. The Bertz CT molecular complexity index is 945. The molecule has 0 saturated heterocycles. The summed E-state index contributed by atoms with van der Waals surface area (Å²) in [4.78, 5) is 9.66. The normalized spacial score (nSPS) is 17.4. The third-order valence-electron chi connectivity index (χ3n) is 4.34. The number of aromatic nitrogens is 2. The predicted molar refractivity (Wildman–Crippen MR) is 93.9 cm³/mol. The van der Waals surface area contributed by atoms with Crippen LogP contribution in [-0.4, -0.2) is 38.5 Å². The van der Waals surface area contributed by atoms with Crippen LogP contribution in [0.4, 0.5) is 19.1 Å². The molecule has 0 unspecified atom stereocenters. The van der Waals surface area contributed by atoms with E-state index in [2.05, 4.69) is 14.7 Å². The number of hydrogen-bond acceptors (Lipinski definition) is 5. The van der Waals surface area contributed by atoms with Gasteiger partial charge in [-0.05, 0) is 37.0 Å². The monoisotopic (exact) mass is 400 g/mol. The number of hydrogen-bond donors (Lipinski definition) is 1. The maximum atomic E-state index is 13.1. The van der Waals surface area contributed by atoms with Gasteiger partial charge in [0.25, 0.3) is 0 Å². The predicted octanol–water partition coefficient (Wildman–Crippen LogP) is 2.40. The molecule has 0 amide bonds. The minimum absolute atomic E-state index is 0.330. The summed E-state index contributed by atoms with van der Waals surface area (Å²) in [6, 6.07) is 3.66. The Kier molecular flexibility index (Phi) is 5.13. The van der Waals surface area contributed by atoms with Crippen molar-refractivity contribution in [2.24, 2.45) is 0 Å². The molecule has 1 heterocycles. The van der Waals surface area contributed by atoms with Gasteiger partial charge in [0.1, 0.15) is 0 Å². The SMILES string of the molecule is CN(C)c1ncc2c(n1)CC[C@H](NS(=O)(=O)c1ccccc1C(F)(F)F)C2. The Hall–Kier alpha value is -2.20. The van der Waals surface area contributed by atoms with Gasteiger partial charge in [0.2, 0.25) is 16.0 Å². The second-order valence-electron chi connectivity index (χ2n) is 6.59. The number of anilines is 1. The Morgan fingerprint density at radius 1 is 1.22 bits per heavy atom. The number of aryl methyl sites for hydroxylation is 1. The van der Waals surface area contributed by atoms with Crippen molar-refractivity contribution in [3.05, 3.63) is 47.3 Å². The van der Waals surface area contributed by atoms with Crippen LogP contribution >= 0.6 is 0 Å². The molecule has 1 atom stereocenters. The van der Waals surface area contributed by atoms with Gasteiger partial charge in [-0.3, -0.25) is 0 Å². The van der Waals surface area contributed by atoms with Crippen molar-refractivity contribution in [3.63, 3.8) is 0 Å². The minimum Gasteiger partial charge on any atom is -0.347 e. The number of nitrogens with zero attached hydrogens (tertiary/aromatic N) is 3. The number of halogens is 3. The molecule has 2 aromatic rings. The van der Waals surface area contributed by atoms with Gasteiger partial charge in [0.15, 0.2) is 0 Å². The van der Waals surface area contributed by atoms with Gasteiger partial charge in [-0.25, -0.2) is 23.1 Å². The highest BCUT2D eigenvalue weighted by molar-refractivity contribution is 7.89. The number of fused-ring (bicyclic) bond motifs is 1. The molecule has 146 valence electrons. The summed E-state index contributed by atoms with van der Waals surface area (Å²) in [6.45, 7) is 0. The molecule has 0 fully saturated rings. The Morgan fingerprint density at radius 3 is 2.59 bits per heavy atom. The van der Waals surface area contributed by atoms with E-state index < -0.39 is 32.7 Å². The summed E-state index contributed by atoms with van der Waals surface area (Å²) in [5, 5.41) is 0. The number of sulfonamides is 1. The second kappa shape index (κ2) is 7.08. The fourth-order valence-corrected chi connectivity index (χ4v) is 4.53. The molecule has 1 aliphatic rings. The van der Waals surface area contributed by atoms with Gasteiger partial charge in [-0.1, -0.05) is 12.1 Å². The Labute approximate surface area is 155 Å². The van der Waals surface area contributed by atoms with Gasteiger partial charge in [0.05, 0.1) is 10.5 Å². The van der Waals surface area contributed by atoms with Crippen LogP contribution in [0.3, 0.4) is 0 Å². The third-order valence-corrected chi connectivity index (χ3v) is 5.92. The van der Waals surface area contributed by atoms with Crippen LogP contribution in [0.1, 0.15) is 23.2 Å². The molecule has 6 nitrogen and oxygen atoms in total. The standard InChI is InChI=1S/C17H19F3N4O2S/c1-24(2)16-21-10-11-9-12(7-8-14(11)22-16)23-27(25,26)15-6-4-3-5-13(15)17(18,19)20/h3-6,10,12,23H,7-9H2,1-2H3/t12-/m0/s1. The molecule has 1 aromatic heterocycles. The number of benzene rings is 1. The summed E-state index contributed by atoms with van der Waals surface area (Å²) >= 11 is 0. The molecule has 3 rings (SSSR count). The van der Waals surface area contributed by atoms with Crippen LogP contribution in [-0.2, 0) is 29.0 Å². The van der Waals surface area contributed by atoms with Crippen LogP contribution in [0.15, 0.2) is 35.4 Å². The second-order valence-corrected chi connectivity index (χ2v) is 8.27. The molecule has 27 heavy (non-hydrogen) atoms. The first-order chi connectivity index (χ1) is 12.6. The third kappa shape index (κ3) is 4.22. The molecule has 1 aliphatic carbocycles. The summed E-state index contributed by atoms with van der Waals surface area (Å²) in [6.07, 6.45) is -1.81. The maximum absolute atomic E-state index is 13.1.